The van der Waals surface area contributed by atoms with Gasteiger partial charge in [0.2, 0.25) is 0 Å². The molecule has 2 aromatic rings. The Hall–Kier alpha value is -1.12. The van der Waals surface area contributed by atoms with Gasteiger partial charge in [0.25, 0.3) is 0 Å². The summed E-state index contributed by atoms with van der Waals surface area (Å²) in [5.41, 5.74) is 9.38. The summed E-state index contributed by atoms with van der Waals surface area (Å²) in [5.74, 6) is 2.30. The maximum Gasteiger partial charge on any atom is 0.0171 e. The summed E-state index contributed by atoms with van der Waals surface area (Å²) in [4.78, 5) is 0. The van der Waals surface area contributed by atoms with Crippen LogP contribution < -0.4 is 0 Å². The van der Waals surface area contributed by atoms with Gasteiger partial charge in [0.1, 0.15) is 0 Å². The second kappa shape index (κ2) is 4.74. The number of halogens is 2. The lowest BCUT2D eigenvalue weighted by Gasteiger charge is -2.27. The smallest absolute Gasteiger partial charge is 0.0171 e. The molecule has 2 aromatic carbocycles. The van der Waals surface area contributed by atoms with Crippen molar-refractivity contribution in [2.24, 2.45) is 0 Å². The predicted molar refractivity (Wildman–Crippen MR) is 105 cm³/mol. The zero-order chi connectivity index (χ0) is 16.0. The Morgan fingerprint density at radius 3 is 1.25 bits per heavy atom. The van der Waals surface area contributed by atoms with E-state index in [-0.39, 0.29) is 0 Å². The topological polar surface area (TPSA) is 0 Å². The molecule has 0 saturated carbocycles. The molecule has 24 heavy (non-hydrogen) atoms. The minimum Gasteiger partial charge on any atom is -0.0620 e. The third-order valence-electron chi connectivity index (χ3n) is 6.55. The molecule has 0 aromatic heterocycles. The van der Waals surface area contributed by atoms with Crippen LogP contribution in [0.2, 0.25) is 0 Å². The molecule has 4 aliphatic carbocycles. The molecule has 118 valence electrons. The van der Waals surface area contributed by atoms with Crippen LogP contribution >= 0.6 is 31.9 Å². The fourth-order valence-electron chi connectivity index (χ4n) is 5.64. The Bertz CT molecular complexity index is 886. The Labute approximate surface area is 158 Å². The molecule has 0 aliphatic heterocycles. The molecule has 0 fully saturated rings. The number of rotatable bonds is 1. The Balaban J connectivity index is 1.53. The van der Waals surface area contributed by atoms with E-state index in [0.717, 1.165) is 0 Å². The third kappa shape index (κ3) is 1.55. The molecule has 0 spiro atoms. The molecule has 0 amide bonds. The zero-order valence-corrected chi connectivity index (χ0v) is 16.3. The van der Waals surface area contributed by atoms with Crippen molar-refractivity contribution in [1.29, 1.82) is 0 Å². The largest absolute Gasteiger partial charge is 0.0620 e. The first-order chi connectivity index (χ1) is 11.8. The van der Waals surface area contributed by atoms with Gasteiger partial charge in [0.15, 0.2) is 0 Å². The highest BCUT2D eigenvalue weighted by Crippen LogP contribution is 2.67. The molecular formula is C22H16Br2. The minimum atomic E-state index is 0.573. The van der Waals surface area contributed by atoms with Crippen molar-refractivity contribution in [3.8, 4) is 0 Å². The zero-order valence-electron chi connectivity index (χ0n) is 13.1. The summed E-state index contributed by atoms with van der Waals surface area (Å²) in [7, 11) is 0. The van der Waals surface area contributed by atoms with Crippen LogP contribution in [0.5, 0.6) is 0 Å². The number of allylic oxidation sites excluding steroid dienone is 4. The Morgan fingerprint density at radius 1 is 0.542 bits per heavy atom. The lowest BCUT2D eigenvalue weighted by Crippen LogP contribution is -2.10. The summed E-state index contributed by atoms with van der Waals surface area (Å²) in [6.07, 6.45) is 2.50. The van der Waals surface area contributed by atoms with Gasteiger partial charge < -0.3 is 0 Å². The standard InChI is InChI=1S/C22H16Br2/c23-21-17-9-15(11-5-1-3-7-13(11)17)19(21)20-16-10-18(22(20)24)14-8-4-2-6-12(14)16/h1-8,15-18H,9-10H2/t15-,16-,17+,18+/m0/s1. The molecule has 2 heteroatoms. The number of hydrogen-bond acceptors (Lipinski definition) is 0. The van der Waals surface area contributed by atoms with Crippen LogP contribution in [0, 0.1) is 0 Å². The van der Waals surface area contributed by atoms with E-state index >= 15 is 0 Å². The van der Waals surface area contributed by atoms with E-state index in [9.17, 15) is 0 Å². The van der Waals surface area contributed by atoms with Gasteiger partial charge >= 0.3 is 0 Å². The molecule has 0 unspecified atom stereocenters. The monoisotopic (exact) mass is 438 g/mol. The summed E-state index contributed by atoms with van der Waals surface area (Å²) in [6.45, 7) is 0. The van der Waals surface area contributed by atoms with Crippen LogP contribution in [0.15, 0.2) is 68.6 Å². The summed E-state index contributed by atoms with van der Waals surface area (Å²) in [5, 5.41) is 0. The molecule has 4 bridgehead atoms. The van der Waals surface area contributed by atoms with Gasteiger partial charge in [-0.25, -0.2) is 0 Å². The second-order valence-corrected chi connectivity index (χ2v) is 9.17. The maximum atomic E-state index is 4.01. The second-order valence-electron chi connectivity index (χ2n) is 7.46. The van der Waals surface area contributed by atoms with Crippen molar-refractivity contribution in [3.63, 3.8) is 0 Å². The van der Waals surface area contributed by atoms with Crippen LogP contribution in [0.25, 0.3) is 0 Å². The van der Waals surface area contributed by atoms with Crippen molar-refractivity contribution in [3.05, 3.63) is 90.9 Å². The lowest BCUT2D eigenvalue weighted by molar-refractivity contribution is 0.754. The number of fused-ring (bicyclic) bond motifs is 10. The van der Waals surface area contributed by atoms with Crippen molar-refractivity contribution in [2.75, 3.05) is 0 Å². The van der Waals surface area contributed by atoms with Crippen molar-refractivity contribution < 1.29 is 0 Å². The van der Waals surface area contributed by atoms with Gasteiger partial charge in [-0.3, -0.25) is 0 Å². The van der Waals surface area contributed by atoms with E-state index in [1.807, 2.05) is 0 Å². The summed E-state index contributed by atoms with van der Waals surface area (Å²) < 4.78 is 2.89. The van der Waals surface area contributed by atoms with Gasteiger partial charge in [-0.2, -0.15) is 0 Å². The minimum absolute atomic E-state index is 0.573. The first kappa shape index (κ1) is 14.1. The highest BCUT2D eigenvalue weighted by atomic mass is 79.9. The van der Waals surface area contributed by atoms with Crippen LogP contribution in [0.1, 0.15) is 58.8 Å². The highest BCUT2D eigenvalue weighted by Gasteiger charge is 2.50. The maximum absolute atomic E-state index is 4.01. The highest BCUT2D eigenvalue weighted by molar-refractivity contribution is 9.12. The number of benzene rings is 2. The average Bonchev–Trinajstić information content (AvgIpc) is 3.33. The van der Waals surface area contributed by atoms with Crippen molar-refractivity contribution >= 4 is 31.9 Å². The van der Waals surface area contributed by atoms with E-state index in [1.165, 1.54) is 21.8 Å². The van der Waals surface area contributed by atoms with E-state index in [0.29, 0.717) is 23.7 Å². The first-order valence-electron chi connectivity index (χ1n) is 8.73. The third-order valence-corrected chi connectivity index (χ3v) is 8.51. The molecule has 0 radical (unpaired) electrons. The van der Waals surface area contributed by atoms with Crippen LogP contribution in [-0.4, -0.2) is 0 Å². The van der Waals surface area contributed by atoms with Gasteiger partial charge in [-0.1, -0.05) is 80.4 Å². The van der Waals surface area contributed by atoms with E-state index in [4.69, 9.17) is 0 Å². The van der Waals surface area contributed by atoms with Crippen LogP contribution in [0.4, 0.5) is 0 Å². The molecule has 4 atom stereocenters. The molecule has 4 aliphatic rings. The quantitative estimate of drug-likeness (QED) is 0.455. The number of hydrogen-bond donors (Lipinski definition) is 0. The molecule has 0 N–H and O–H groups in total. The van der Waals surface area contributed by atoms with Gasteiger partial charge in [0, 0.05) is 32.6 Å². The Kier molecular flexibility index (Phi) is 2.78. The van der Waals surface area contributed by atoms with E-state index in [2.05, 4.69) is 80.4 Å². The van der Waals surface area contributed by atoms with E-state index < -0.39 is 0 Å². The fourth-order valence-corrected chi connectivity index (χ4v) is 7.49. The average molecular weight is 440 g/mol. The predicted octanol–water partition coefficient (Wildman–Crippen LogP) is 6.85. The first-order valence-corrected chi connectivity index (χ1v) is 10.3. The molecule has 0 heterocycles. The summed E-state index contributed by atoms with van der Waals surface area (Å²) in [6, 6.07) is 18.1. The molecular weight excluding hydrogens is 424 g/mol. The molecule has 0 saturated heterocycles. The van der Waals surface area contributed by atoms with Gasteiger partial charge in [-0.05, 0) is 46.2 Å². The molecule has 6 rings (SSSR count). The lowest BCUT2D eigenvalue weighted by atomic mass is 9.80. The van der Waals surface area contributed by atoms with E-state index in [1.54, 1.807) is 33.4 Å². The fraction of sp³-hybridized carbons (Fsp3) is 0.273. The summed E-state index contributed by atoms with van der Waals surface area (Å²) >= 11 is 8.01. The SMILES string of the molecule is BrC1=C(C2=C(Br)[C@@H]3C[C@H]2c2ccccc23)[C@H]2C[C@@H]1c1ccccc12. The van der Waals surface area contributed by atoms with Gasteiger partial charge in [0.05, 0.1) is 0 Å². The van der Waals surface area contributed by atoms with Crippen LogP contribution in [0.3, 0.4) is 0 Å². The Morgan fingerprint density at radius 2 is 0.875 bits per heavy atom. The normalized spacial score (nSPS) is 31.9. The van der Waals surface area contributed by atoms with Crippen LogP contribution in [-0.2, 0) is 0 Å². The van der Waals surface area contributed by atoms with Crippen molar-refractivity contribution in [2.45, 2.75) is 36.5 Å². The van der Waals surface area contributed by atoms with Gasteiger partial charge in [-0.15, -0.1) is 0 Å². The van der Waals surface area contributed by atoms with Crippen molar-refractivity contribution in [1.82, 2.24) is 0 Å². The molecule has 0 nitrogen and oxygen atoms in total.